The maximum Gasteiger partial charge on any atom is -0.0233 e. The molecule has 1 fully saturated rings. The molecule has 0 aromatic rings. The zero-order valence-electron chi connectivity index (χ0n) is 7.84. The molecule has 1 aliphatic rings. The molecule has 0 bridgehead atoms. The van der Waals surface area contributed by atoms with Crippen LogP contribution in [0.25, 0.3) is 0 Å². The minimum atomic E-state index is 0.788. The van der Waals surface area contributed by atoms with Gasteiger partial charge < -0.3 is 0 Å². The third-order valence-corrected chi connectivity index (χ3v) is 2.76. The molecule has 0 aromatic heterocycles. The van der Waals surface area contributed by atoms with E-state index >= 15 is 0 Å². The number of hydrogen-bond acceptors (Lipinski definition) is 0. The van der Waals surface area contributed by atoms with Crippen molar-refractivity contribution in [1.29, 1.82) is 0 Å². The molecular weight excluding hydrogens is 132 g/mol. The Balaban J connectivity index is 2.22. The van der Waals surface area contributed by atoms with E-state index < -0.39 is 0 Å². The van der Waals surface area contributed by atoms with Gasteiger partial charge in [0, 0.05) is 0 Å². The summed E-state index contributed by atoms with van der Waals surface area (Å²) < 4.78 is 0. The van der Waals surface area contributed by atoms with Crippen LogP contribution < -0.4 is 0 Å². The van der Waals surface area contributed by atoms with Gasteiger partial charge in [-0.1, -0.05) is 45.3 Å². The van der Waals surface area contributed by atoms with E-state index in [1.54, 1.807) is 0 Å². The van der Waals surface area contributed by atoms with Gasteiger partial charge in [0.05, 0.1) is 0 Å². The van der Waals surface area contributed by atoms with Gasteiger partial charge >= 0.3 is 0 Å². The summed E-state index contributed by atoms with van der Waals surface area (Å²) in [5.74, 6) is 1.71. The Kier molecular flexibility index (Phi) is 3.68. The Hall–Kier alpha value is -0.260. The van der Waals surface area contributed by atoms with Crippen molar-refractivity contribution in [3.8, 4) is 0 Å². The van der Waals surface area contributed by atoms with Gasteiger partial charge in [0.15, 0.2) is 0 Å². The highest BCUT2D eigenvalue weighted by atomic mass is 14.2. The van der Waals surface area contributed by atoms with Gasteiger partial charge in [-0.25, -0.2) is 0 Å². The van der Waals surface area contributed by atoms with Crippen LogP contribution in [0.5, 0.6) is 0 Å². The predicted molar refractivity (Wildman–Crippen MR) is 50.6 cm³/mol. The van der Waals surface area contributed by atoms with Crippen molar-refractivity contribution in [2.24, 2.45) is 11.8 Å². The lowest BCUT2D eigenvalue weighted by molar-refractivity contribution is 0.652. The summed E-state index contributed by atoms with van der Waals surface area (Å²) in [5.41, 5.74) is 0. The summed E-state index contributed by atoms with van der Waals surface area (Å²) in [6.07, 6.45) is 11.9. The van der Waals surface area contributed by atoms with E-state index in [0.717, 1.165) is 11.8 Å². The minimum absolute atomic E-state index is 0.788. The molecule has 1 rings (SSSR count). The molecule has 1 atom stereocenters. The number of hydrogen-bond donors (Lipinski definition) is 0. The van der Waals surface area contributed by atoms with Crippen LogP contribution in [0.3, 0.4) is 0 Å². The fraction of sp³-hybridized carbons (Fsp3) is 0.818. The van der Waals surface area contributed by atoms with E-state index in [-0.39, 0.29) is 0 Å². The van der Waals surface area contributed by atoms with Crippen LogP contribution in [0.1, 0.15) is 46.0 Å². The van der Waals surface area contributed by atoms with Gasteiger partial charge in [-0.15, -0.1) is 0 Å². The first kappa shape index (κ1) is 8.83. The quantitative estimate of drug-likeness (QED) is 0.540. The zero-order valence-corrected chi connectivity index (χ0v) is 7.84. The third kappa shape index (κ3) is 3.09. The zero-order chi connectivity index (χ0) is 8.10. The van der Waals surface area contributed by atoms with Crippen LogP contribution >= 0.6 is 0 Å². The molecule has 0 saturated heterocycles. The summed E-state index contributed by atoms with van der Waals surface area (Å²) >= 11 is 0. The van der Waals surface area contributed by atoms with Crippen molar-refractivity contribution in [1.82, 2.24) is 0 Å². The fourth-order valence-corrected chi connectivity index (χ4v) is 1.63. The monoisotopic (exact) mass is 152 g/mol. The summed E-state index contributed by atoms with van der Waals surface area (Å²) in [7, 11) is 0. The van der Waals surface area contributed by atoms with E-state index in [4.69, 9.17) is 0 Å². The molecule has 1 aliphatic carbocycles. The van der Waals surface area contributed by atoms with Crippen molar-refractivity contribution in [2.75, 3.05) is 0 Å². The molecule has 0 aliphatic heterocycles. The number of rotatable bonds is 3. The standard InChI is InChI=1S/C11H20/c1-3-10(2)8-9-11-6-4-5-7-11/h8-11H,3-7H2,1-2H3/b9-8+/t10-/m1/s1. The van der Waals surface area contributed by atoms with Crippen LogP contribution in [0.4, 0.5) is 0 Å². The van der Waals surface area contributed by atoms with E-state index in [1.807, 2.05) is 0 Å². The van der Waals surface area contributed by atoms with Gasteiger partial charge in [-0.05, 0) is 24.7 Å². The van der Waals surface area contributed by atoms with Crippen molar-refractivity contribution < 1.29 is 0 Å². The van der Waals surface area contributed by atoms with Crippen molar-refractivity contribution in [3.63, 3.8) is 0 Å². The normalized spacial score (nSPS) is 23.1. The minimum Gasteiger partial charge on any atom is -0.0854 e. The van der Waals surface area contributed by atoms with Crippen molar-refractivity contribution >= 4 is 0 Å². The van der Waals surface area contributed by atoms with Crippen LogP contribution in [-0.2, 0) is 0 Å². The molecule has 64 valence electrons. The highest BCUT2D eigenvalue weighted by Crippen LogP contribution is 2.26. The first-order valence-electron chi connectivity index (χ1n) is 5.01. The number of allylic oxidation sites excluding steroid dienone is 2. The molecule has 0 N–H and O–H groups in total. The lowest BCUT2D eigenvalue weighted by Gasteiger charge is -2.03. The van der Waals surface area contributed by atoms with Crippen LogP contribution in [-0.4, -0.2) is 0 Å². The van der Waals surface area contributed by atoms with E-state index in [2.05, 4.69) is 26.0 Å². The second-order valence-electron chi connectivity index (χ2n) is 3.81. The molecule has 0 radical (unpaired) electrons. The maximum absolute atomic E-state index is 2.45. The van der Waals surface area contributed by atoms with Crippen LogP contribution in [0.15, 0.2) is 12.2 Å². The van der Waals surface area contributed by atoms with Crippen molar-refractivity contribution in [2.45, 2.75) is 46.0 Å². The van der Waals surface area contributed by atoms with Crippen LogP contribution in [0.2, 0.25) is 0 Å². The van der Waals surface area contributed by atoms with Gasteiger partial charge in [0.25, 0.3) is 0 Å². The first-order valence-corrected chi connectivity index (χ1v) is 5.01. The third-order valence-electron chi connectivity index (χ3n) is 2.76. The fourth-order valence-electron chi connectivity index (χ4n) is 1.63. The smallest absolute Gasteiger partial charge is 0.0233 e. The summed E-state index contributed by atoms with van der Waals surface area (Å²) in [5, 5.41) is 0. The summed E-state index contributed by atoms with van der Waals surface area (Å²) in [6.45, 7) is 4.55. The molecule has 0 heterocycles. The summed E-state index contributed by atoms with van der Waals surface area (Å²) in [6, 6.07) is 0. The average Bonchev–Trinajstić information content (AvgIpc) is 2.52. The lowest BCUT2D eigenvalue weighted by atomic mass is 10.0. The molecule has 0 unspecified atom stereocenters. The van der Waals surface area contributed by atoms with E-state index in [9.17, 15) is 0 Å². The Morgan fingerprint density at radius 2 is 2.00 bits per heavy atom. The van der Waals surface area contributed by atoms with Gasteiger partial charge in [-0.2, -0.15) is 0 Å². The largest absolute Gasteiger partial charge is 0.0854 e. The molecule has 0 nitrogen and oxygen atoms in total. The topological polar surface area (TPSA) is 0 Å². The highest BCUT2D eigenvalue weighted by Gasteiger charge is 2.10. The molecule has 1 saturated carbocycles. The second-order valence-corrected chi connectivity index (χ2v) is 3.81. The SMILES string of the molecule is CC[C@@H](C)/C=C/C1CCCC1. The summed E-state index contributed by atoms with van der Waals surface area (Å²) in [4.78, 5) is 0. The average molecular weight is 152 g/mol. The molecular formula is C11H20. The Bertz CT molecular complexity index is 118. The molecule has 0 spiro atoms. The Morgan fingerprint density at radius 1 is 1.36 bits per heavy atom. The Morgan fingerprint density at radius 3 is 2.55 bits per heavy atom. The van der Waals surface area contributed by atoms with Gasteiger partial charge in [0.2, 0.25) is 0 Å². The van der Waals surface area contributed by atoms with Gasteiger partial charge in [-0.3, -0.25) is 0 Å². The van der Waals surface area contributed by atoms with Gasteiger partial charge in [0.1, 0.15) is 0 Å². The lowest BCUT2D eigenvalue weighted by Crippen LogP contribution is -1.90. The second kappa shape index (κ2) is 4.58. The Labute approximate surface area is 70.7 Å². The highest BCUT2D eigenvalue weighted by molar-refractivity contribution is 4.93. The molecule has 0 aromatic carbocycles. The first-order chi connectivity index (χ1) is 5.33. The van der Waals surface area contributed by atoms with Crippen LogP contribution in [0, 0.1) is 11.8 Å². The van der Waals surface area contributed by atoms with E-state index in [0.29, 0.717) is 0 Å². The molecule has 11 heavy (non-hydrogen) atoms. The molecule has 0 heteroatoms. The maximum atomic E-state index is 2.45. The predicted octanol–water partition coefficient (Wildman–Crippen LogP) is 3.78. The van der Waals surface area contributed by atoms with Crippen molar-refractivity contribution in [3.05, 3.63) is 12.2 Å². The molecule has 0 amide bonds. The van der Waals surface area contributed by atoms with E-state index in [1.165, 1.54) is 32.1 Å².